The van der Waals surface area contributed by atoms with Crippen molar-refractivity contribution in [2.75, 3.05) is 21.2 Å². The molecule has 0 saturated heterocycles. The van der Waals surface area contributed by atoms with E-state index in [1.165, 1.54) is 14.1 Å². The minimum absolute atomic E-state index is 0.630. The number of halogens is 2. The molecule has 12 heavy (non-hydrogen) atoms. The number of nitrogens with one attached hydrogen (secondary N) is 3. The molecule has 7 heteroatoms. The van der Waals surface area contributed by atoms with Gasteiger partial charge < -0.3 is 15.6 Å². The van der Waals surface area contributed by atoms with Crippen molar-refractivity contribution in [1.82, 2.24) is 16.3 Å². The van der Waals surface area contributed by atoms with Crippen LogP contribution in [-0.2, 0) is 4.74 Å². The van der Waals surface area contributed by atoms with E-state index < -0.39 is 11.9 Å². The third-order valence-corrected chi connectivity index (χ3v) is 0.999. The number of hydrazine groups is 1. The van der Waals surface area contributed by atoms with E-state index in [0.717, 1.165) is 7.11 Å². The maximum Gasteiger partial charge on any atom is 0.418 e. The average molecular weight is 182 g/mol. The Hall–Kier alpha value is -0.950. The van der Waals surface area contributed by atoms with Gasteiger partial charge in [0.2, 0.25) is 5.84 Å². The Morgan fingerprint density at radius 1 is 1.42 bits per heavy atom. The van der Waals surface area contributed by atoms with Crippen molar-refractivity contribution < 1.29 is 13.5 Å². The summed E-state index contributed by atoms with van der Waals surface area (Å²) in [6.07, 6.45) is -3.42. The molecule has 0 aliphatic heterocycles. The van der Waals surface area contributed by atoms with Crippen molar-refractivity contribution in [2.24, 2.45) is 5.10 Å². The molecule has 0 aromatic rings. The first kappa shape index (κ1) is 11.1. The fourth-order valence-corrected chi connectivity index (χ4v) is 0.493. The van der Waals surface area contributed by atoms with E-state index in [1.54, 1.807) is 0 Å². The lowest BCUT2D eigenvalue weighted by Crippen LogP contribution is -2.47. The van der Waals surface area contributed by atoms with Gasteiger partial charge in [-0.05, 0) is 0 Å². The standard InChI is InChI=1S/C5H12F2N4O/c1-8-10-4(11-9-2)5(6,7)12-3/h8-9H,1-3H3,(H,10,11). The fourth-order valence-electron chi connectivity index (χ4n) is 0.493. The van der Waals surface area contributed by atoms with Crippen LogP contribution in [-0.4, -0.2) is 33.1 Å². The first-order chi connectivity index (χ1) is 5.58. The molecular weight excluding hydrogens is 170 g/mol. The number of alkyl halides is 2. The van der Waals surface area contributed by atoms with Crippen molar-refractivity contribution in [3.8, 4) is 0 Å². The number of rotatable bonds is 4. The zero-order valence-corrected chi connectivity index (χ0v) is 7.11. The molecule has 0 heterocycles. The van der Waals surface area contributed by atoms with Crippen molar-refractivity contribution in [3.63, 3.8) is 0 Å². The topological polar surface area (TPSA) is 57.7 Å². The van der Waals surface area contributed by atoms with E-state index in [1.807, 2.05) is 0 Å². The highest BCUT2D eigenvalue weighted by Gasteiger charge is 2.36. The van der Waals surface area contributed by atoms with Crippen LogP contribution in [0.15, 0.2) is 5.10 Å². The Kier molecular flexibility index (Phi) is 4.45. The summed E-state index contributed by atoms with van der Waals surface area (Å²) in [6, 6.07) is 0. The summed E-state index contributed by atoms with van der Waals surface area (Å²) in [4.78, 5) is 0. The molecule has 72 valence electrons. The van der Waals surface area contributed by atoms with E-state index in [2.05, 4.69) is 26.1 Å². The number of nitrogens with zero attached hydrogens (tertiary/aromatic N) is 1. The molecule has 0 rings (SSSR count). The van der Waals surface area contributed by atoms with E-state index >= 15 is 0 Å². The first-order valence-electron chi connectivity index (χ1n) is 3.19. The predicted molar refractivity (Wildman–Crippen MR) is 40.6 cm³/mol. The van der Waals surface area contributed by atoms with Gasteiger partial charge in [0.05, 0.1) is 0 Å². The summed E-state index contributed by atoms with van der Waals surface area (Å²) in [5.74, 6) is -0.630. The maximum absolute atomic E-state index is 12.7. The van der Waals surface area contributed by atoms with Gasteiger partial charge in [0.1, 0.15) is 0 Å². The van der Waals surface area contributed by atoms with Crippen LogP contribution in [0, 0.1) is 0 Å². The van der Waals surface area contributed by atoms with Crippen molar-refractivity contribution in [2.45, 2.75) is 6.11 Å². The molecule has 0 fully saturated rings. The number of amidine groups is 1. The van der Waals surface area contributed by atoms with Crippen LogP contribution in [0.3, 0.4) is 0 Å². The van der Waals surface area contributed by atoms with Gasteiger partial charge in [0, 0.05) is 21.2 Å². The molecule has 0 aromatic heterocycles. The van der Waals surface area contributed by atoms with Gasteiger partial charge in [-0.3, -0.25) is 0 Å². The molecule has 0 radical (unpaired) electrons. The molecule has 0 aromatic carbocycles. The van der Waals surface area contributed by atoms with Gasteiger partial charge in [0.15, 0.2) is 0 Å². The highest BCUT2D eigenvalue weighted by Crippen LogP contribution is 2.13. The van der Waals surface area contributed by atoms with Crippen LogP contribution in [0.25, 0.3) is 0 Å². The normalized spacial score (nSPS) is 12.9. The molecule has 0 atom stereocenters. The second kappa shape index (κ2) is 4.83. The van der Waals surface area contributed by atoms with Crippen molar-refractivity contribution >= 4 is 5.84 Å². The van der Waals surface area contributed by atoms with Crippen LogP contribution in [0.2, 0.25) is 0 Å². The number of hydrogen-bond donors (Lipinski definition) is 3. The van der Waals surface area contributed by atoms with Crippen molar-refractivity contribution in [3.05, 3.63) is 0 Å². The Balaban J connectivity index is 4.38. The summed E-state index contributed by atoms with van der Waals surface area (Å²) in [7, 11) is 3.74. The Morgan fingerprint density at radius 3 is 2.33 bits per heavy atom. The third kappa shape index (κ3) is 2.97. The molecule has 0 bridgehead atoms. The van der Waals surface area contributed by atoms with Gasteiger partial charge in [-0.1, -0.05) is 0 Å². The molecule has 0 amide bonds. The second-order valence-corrected chi connectivity index (χ2v) is 1.78. The Bertz CT molecular complexity index is 162. The summed E-state index contributed by atoms with van der Waals surface area (Å²) in [6.45, 7) is 0. The molecule has 0 saturated carbocycles. The predicted octanol–water partition coefficient (Wildman–Crippen LogP) is -0.517. The number of hydrazone groups is 1. The van der Waals surface area contributed by atoms with E-state index in [-0.39, 0.29) is 0 Å². The largest absolute Gasteiger partial charge is 0.418 e. The molecular formula is C5H12F2N4O. The van der Waals surface area contributed by atoms with E-state index in [0.29, 0.717) is 0 Å². The molecule has 3 N–H and O–H groups in total. The lowest BCUT2D eigenvalue weighted by Gasteiger charge is -2.16. The van der Waals surface area contributed by atoms with Gasteiger partial charge in [0.25, 0.3) is 0 Å². The smallest absolute Gasteiger partial charge is 0.317 e. The molecule has 0 spiro atoms. The van der Waals surface area contributed by atoms with Crippen LogP contribution in [0.4, 0.5) is 8.78 Å². The number of hydrogen-bond acceptors (Lipinski definition) is 4. The molecule has 0 aliphatic carbocycles. The average Bonchev–Trinajstić information content (AvgIpc) is 2.04. The minimum Gasteiger partial charge on any atom is -0.317 e. The Morgan fingerprint density at radius 2 is 2.00 bits per heavy atom. The Labute approximate surface area is 69.1 Å². The number of ether oxygens (including phenoxy) is 1. The van der Waals surface area contributed by atoms with Crippen LogP contribution >= 0.6 is 0 Å². The summed E-state index contributed by atoms with van der Waals surface area (Å²) >= 11 is 0. The van der Waals surface area contributed by atoms with Gasteiger partial charge >= 0.3 is 6.11 Å². The molecule has 0 unspecified atom stereocenters. The summed E-state index contributed by atoms with van der Waals surface area (Å²) in [5.41, 5.74) is 6.67. The SMILES string of the molecule is CN/N=C(\NNC)C(F)(F)OC. The highest BCUT2D eigenvalue weighted by molar-refractivity contribution is 5.86. The summed E-state index contributed by atoms with van der Waals surface area (Å²) < 4.78 is 29.3. The highest BCUT2D eigenvalue weighted by atomic mass is 19.3. The fraction of sp³-hybridized carbons (Fsp3) is 0.800. The zero-order chi connectivity index (χ0) is 9.61. The third-order valence-electron chi connectivity index (χ3n) is 0.999. The maximum atomic E-state index is 12.7. The van der Waals surface area contributed by atoms with E-state index in [4.69, 9.17) is 0 Å². The monoisotopic (exact) mass is 182 g/mol. The second-order valence-electron chi connectivity index (χ2n) is 1.78. The van der Waals surface area contributed by atoms with Crippen molar-refractivity contribution in [1.29, 1.82) is 0 Å². The van der Waals surface area contributed by atoms with Crippen LogP contribution in [0.5, 0.6) is 0 Å². The molecule has 5 nitrogen and oxygen atoms in total. The van der Waals surface area contributed by atoms with Gasteiger partial charge in [-0.15, -0.1) is 0 Å². The van der Waals surface area contributed by atoms with Gasteiger partial charge in [-0.2, -0.15) is 13.9 Å². The first-order valence-corrected chi connectivity index (χ1v) is 3.19. The zero-order valence-electron chi connectivity index (χ0n) is 7.11. The minimum atomic E-state index is -3.42. The lowest BCUT2D eigenvalue weighted by molar-refractivity contribution is -0.165. The molecule has 0 aliphatic rings. The van der Waals surface area contributed by atoms with Crippen LogP contribution < -0.4 is 16.3 Å². The van der Waals surface area contributed by atoms with Gasteiger partial charge in [-0.25, -0.2) is 5.43 Å². The quantitative estimate of drug-likeness (QED) is 0.311. The summed E-state index contributed by atoms with van der Waals surface area (Å²) in [5, 5.41) is 3.27. The van der Waals surface area contributed by atoms with E-state index in [9.17, 15) is 8.78 Å². The lowest BCUT2D eigenvalue weighted by atomic mass is 10.5. The number of methoxy groups -OCH3 is 1. The van der Waals surface area contributed by atoms with Crippen LogP contribution in [0.1, 0.15) is 0 Å².